The van der Waals surface area contributed by atoms with Gasteiger partial charge < -0.3 is 68.9 Å². The molecule has 0 saturated carbocycles. The Kier molecular flexibility index (Phi) is 32.6. The molecule has 0 aliphatic heterocycles. The summed E-state index contributed by atoms with van der Waals surface area (Å²) >= 11 is 1.41. The van der Waals surface area contributed by atoms with Crippen molar-refractivity contribution in [2.75, 3.05) is 38.7 Å². The van der Waals surface area contributed by atoms with Gasteiger partial charge in [0.25, 0.3) is 0 Å². The number of likely N-dealkylation sites (N-methyl/N-ethyl adjacent to an activating group) is 1. The molecule has 0 fully saturated rings. The normalized spacial score (nSPS) is 15.6. The Labute approximate surface area is 458 Å². The predicted molar refractivity (Wildman–Crippen MR) is 292 cm³/mol. The molecule has 11 atom stereocenters. The molecule has 0 aromatic heterocycles. The molecule has 0 aromatic rings. The van der Waals surface area contributed by atoms with Gasteiger partial charge in [-0.1, -0.05) is 95.9 Å². The van der Waals surface area contributed by atoms with E-state index in [9.17, 15) is 57.5 Å². The summed E-state index contributed by atoms with van der Waals surface area (Å²) in [5, 5.41) is 34.7. The Balaban J connectivity index is 5.78. The SMILES string of the molecule is CC[C@H](C)[C@H](N)C(=O)N[C@H](C(=O)NCC(=O)N[C@@H](CC(C)C)C(=O)N[C@@H](CCSC)C(=O)N[C@H](C(=O)NCC(=O)NCC(=O)N[C@H](C(=O)N[C@H](C(=O)N(C)[C@@H](C)C(=O)N[C@@H](C)C(=O)O)C(C)C)C(C)C)C(C)C)[C@@H](C)CC. The van der Waals surface area contributed by atoms with Crippen LogP contribution < -0.4 is 58.9 Å². The van der Waals surface area contributed by atoms with E-state index in [0.29, 0.717) is 18.6 Å². The van der Waals surface area contributed by atoms with Gasteiger partial charge >= 0.3 is 5.97 Å². The fraction of sp³-hybridized carbons (Fsp3) is 0.765. The molecule has 0 aliphatic carbocycles. The zero-order chi connectivity index (χ0) is 59.6. The number of nitrogens with two attached hydrogens (primary N) is 1. The van der Waals surface area contributed by atoms with E-state index >= 15 is 0 Å². The van der Waals surface area contributed by atoms with Crippen molar-refractivity contribution in [1.29, 1.82) is 0 Å². The monoisotopic (exact) mass is 1110 g/mol. The Morgan fingerprint density at radius 2 is 0.948 bits per heavy atom. The van der Waals surface area contributed by atoms with Gasteiger partial charge in [0.05, 0.1) is 25.7 Å². The molecule has 0 aromatic carbocycles. The van der Waals surface area contributed by atoms with Gasteiger partial charge in [-0.25, -0.2) is 0 Å². The van der Waals surface area contributed by atoms with Crippen molar-refractivity contribution in [2.24, 2.45) is 41.2 Å². The third-order valence-corrected chi connectivity index (χ3v) is 13.7. The molecular weight excluding hydrogens is 1020 g/mol. The van der Waals surface area contributed by atoms with E-state index in [-0.39, 0.29) is 30.6 Å². The minimum atomic E-state index is -1.27. The van der Waals surface area contributed by atoms with E-state index in [4.69, 9.17) is 10.8 Å². The molecular formula is C51H92N12O13S. The summed E-state index contributed by atoms with van der Waals surface area (Å²) in [7, 11) is 1.34. The molecule has 0 heterocycles. The lowest BCUT2D eigenvalue weighted by atomic mass is 9.95. The summed E-state index contributed by atoms with van der Waals surface area (Å²) in [5.74, 6) is -10.4. The number of carbonyl (C=O) groups is 12. The first-order valence-electron chi connectivity index (χ1n) is 26.4. The van der Waals surface area contributed by atoms with Gasteiger partial charge in [0, 0.05) is 7.05 Å². The van der Waals surface area contributed by atoms with Crippen molar-refractivity contribution in [2.45, 2.75) is 177 Å². The summed E-state index contributed by atoms with van der Waals surface area (Å²) < 4.78 is 0. The van der Waals surface area contributed by atoms with Crippen LogP contribution in [0, 0.1) is 35.5 Å². The predicted octanol–water partition coefficient (Wildman–Crippen LogP) is -1.13. The summed E-state index contributed by atoms with van der Waals surface area (Å²) in [6.45, 7) is 21.9. The molecule has 0 saturated heterocycles. The smallest absolute Gasteiger partial charge is 0.325 e. The lowest BCUT2D eigenvalue weighted by molar-refractivity contribution is -0.145. The zero-order valence-electron chi connectivity index (χ0n) is 48.1. The van der Waals surface area contributed by atoms with Crippen LogP contribution in [0.25, 0.3) is 0 Å². The van der Waals surface area contributed by atoms with Crippen molar-refractivity contribution in [3.05, 3.63) is 0 Å². The van der Waals surface area contributed by atoms with Crippen molar-refractivity contribution >= 4 is 82.7 Å². The second-order valence-electron chi connectivity index (χ2n) is 21.0. The van der Waals surface area contributed by atoms with Gasteiger partial charge in [-0.15, -0.1) is 0 Å². The Hall–Kier alpha value is -6.05. The molecule has 26 heteroatoms. The Bertz CT molecular complexity index is 2030. The number of amides is 11. The van der Waals surface area contributed by atoms with Crippen LogP contribution in [-0.2, 0) is 57.5 Å². The Morgan fingerprint density at radius 1 is 0.494 bits per heavy atom. The van der Waals surface area contributed by atoms with Gasteiger partial charge in [-0.3, -0.25) is 57.5 Å². The minimum absolute atomic E-state index is 0.101. The number of hydrogen-bond acceptors (Lipinski definition) is 14. The molecule has 0 aliphatic rings. The first-order chi connectivity index (χ1) is 35.7. The van der Waals surface area contributed by atoms with Gasteiger partial charge in [0.2, 0.25) is 65.0 Å². The van der Waals surface area contributed by atoms with Gasteiger partial charge in [0.15, 0.2) is 0 Å². The molecule has 25 nitrogen and oxygen atoms in total. The van der Waals surface area contributed by atoms with Crippen LogP contribution in [-0.4, -0.2) is 174 Å². The molecule has 13 N–H and O–H groups in total. The van der Waals surface area contributed by atoms with Crippen molar-refractivity contribution in [3.63, 3.8) is 0 Å². The molecule has 440 valence electrons. The molecule has 0 spiro atoms. The van der Waals surface area contributed by atoms with Crippen LogP contribution in [0.15, 0.2) is 0 Å². The standard InChI is InChI=1S/C51H92N12O13S/c1-17-29(11)38(52)46(70)62-42(30(12)18-2)48(72)55-24-36(65)57-34(21-25(3)4)45(69)58-33(19-20-77-16)44(68)60-39(26(5)6)47(71)54-22-35(64)53-23-37(66)59-40(27(7)8)49(73)61-41(28(9)10)50(74)63(15)32(14)43(67)56-31(13)51(75)76/h25-34,38-42H,17-24,52H2,1-16H3,(H,53,64)(H,54,71)(H,55,72)(H,56,67)(H,57,65)(H,58,69)(H,59,66)(H,60,68)(H,61,73)(H,62,70)(H,75,76)/t29-,30-,31-,32-,33-,34-,38-,39-,40-,41-,42-/m0/s1. The average molecular weight is 1110 g/mol. The molecule has 11 amide bonds. The van der Waals surface area contributed by atoms with E-state index in [2.05, 4.69) is 53.2 Å². The number of rotatable bonds is 35. The molecule has 77 heavy (non-hydrogen) atoms. The topological polar surface area (TPSA) is 375 Å². The number of carbonyl (C=O) groups excluding carboxylic acids is 11. The maximum Gasteiger partial charge on any atom is 0.325 e. The largest absolute Gasteiger partial charge is 0.480 e. The van der Waals surface area contributed by atoms with E-state index in [1.165, 1.54) is 32.7 Å². The van der Waals surface area contributed by atoms with Crippen LogP contribution >= 0.6 is 11.8 Å². The van der Waals surface area contributed by atoms with Gasteiger partial charge in [-0.05, 0) is 74.2 Å². The van der Waals surface area contributed by atoms with Gasteiger partial charge in [-0.2, -0.15) is 11.8 Å². The van der Waals surface area contributed by atoms with Crippen LogP contribution in [0.1, 0.15) is 123 Å². The van der Waals surface area contributed by atoms with Crippen molar-refractivity contribution < 1.29 is 62.6 Å². The highest BCUT2D eigenvalue weighted by atomic mass is 32.2. The maximum atomic E-state index is 13.8. The third-order valence-electron chi connectivity index (χ3n) is 13.0. The van der Waals surface area contributed by atoms with E-state index < -0.39 is 163 Å². The second kappa shape index (κ2) is 35.4. The van der Waals surface area contributed by atoms with Crippen LogP contribution in [0.3, 0.4) is 0 Å². The van der Waals surface area contributed by atoms with E-state index in [1.807, 2.05) is 34.6 Å². The number of nitrogens with zero attached hydrogens (tertiary/aromatic N) is 1. The number of thioether (sulfide) groups is 1. The van der Waals surface area contributed by atoms with Crippen LogP contribution in [0.5, 0.6) is 0 Å². The average Bonchev–Trinajstić information content (AvgIpc) is 3.36. The van der Waals surface area contributed by atoms with Gasteiger partial charge in [0.1, 0.15) is 48.3 Å². The first-order valence-corrected chi connectivity index (χ1v) is 27.8. The van der Waals surface area contributed by atoms with Crippen molar-refractivity contribution in [3.8, 4) is 0 Å². The number of carboxylic acids is 1. The lowest BCUT2D eigenvalue weighted by Crippen LogP contribution is -2.60. The maximum absolute atomic E-state index is 13.8. The number of nitrogens with one attached hydrogen (secondary N) is 10. The fourth-order valence-electron chi connectivity index (χ4n) is 7.27. The number of carboxylic acid groups (broad SMARTS) is 1. The number of aliphatic carboxylic acids is 1. The summed E-state index contributed by atoms with van der Waals surface area (Å²) in [6, 6.07) is -9.91. The molecule has 0 unspecified atom stereocenters. The Morgan fingerprint density at radius 3 is 1.44 bits per heavy atom. The van der Waals surface area contributed by atoms with Crippen LogP contribution in [0.4, 0.5) is 0 Å². The third kappa shape index (κ3) is 25.3. The second-order valence-corrected chi connectivity index (χ2v) is 22.0. The van der Waals surface area contributed by atoms with E-state index in [0.717, 1.165) is 4.90 Å². The lowest BCUT2D eigenvalue weighted by Gasteiger charge is -2.32. The fourth-order valence-corrected chi connectivity index (χ4v) is 7.74. The highest BCUT2D eigenvalue weighted by molar-refractivity contribution is 7.98. The number of hydrogen-bond donors (Lipinski definition) is 12. The van der Waals surface area contributed by atoms with Crippen LogP contribution in [0.2, 0.25) is 0 Å². The zero-order valence-corrected chi connectivity index (χ0v) is 48.9. The van der Waals surface area contributed by atoms with E-state index in [1.54, 1.807) is 54.7 Å². The highest BCUT2D eigenvalue weighted by Gasteiger charge is 2.36. The molecule has 0 radical (unpaired) electrons. The molecule has 0 bridgehead atoms. The summed E-state index contributed by atoms with van der Waals surface area (Å²) in [5.41, 5.74) is 6.10. The summed E-state index contributed by atoms with van der Waals surface area (Å²) in [6.07, 6.45) is 3.30. The molecule has 0 rings (SSSR count). The highest BCUT2D eigenvalue weighted by Crippen LogP contribution is 2.14. The minimum Gasteiger partial charge on any atom is -0.480 e. The summed E-state index contributed by atoms with van der Waals surface area (Å²) in [4.78, 5) is 158. The first kappa shape index (κ1) is 71.0. The quantitative estimate of drug-likeness (QED) is 0.0357. The van der Waals surface area contributed by atoms with Crippen molar-refractivity contribution in [1.82, 2.24) is 58.1 Å².